The molecule has 1 aliphatic rings. The molecule has 0 radical (unpaired) electrons. The van der Waals surface area contributed by atoms with Crippen LogP contribution < -0.4 is 10.6 Å². The van der Waals surface area contributed by atoms with Crippen LogP contribution in [0.4, 0.5) is 4.79 Å². The van der Waals surface area contributed by atoms with E-state index < -0.39 is 0 Å². The molecule has 0 saturated heterocycles. The van der Waals surface area contributed by atoms with E-state index in [2.05, 4.69) is 10.6 Å². The highest BCUT2D eigenvalue weighted by Crippen LogP contribution is 2.18. The summed E-state index contributed by atoms with van der Waals surface area (Å²) in [6.45, 7) is 2.02. The predicted octanol–water partition coefficient (Wildman–Crippen LogP) is 3.25. The summed E-state index contributed by atoms with van der Waals surface area (Å²) in [5.41, 5.74) is 1.19. The standard InChI is InChI=1S/C16H22N2O2S/c1-12-7-9-14(10-8-12)21-11-15(19)18-16(20)17-13-5-3-2-4-6-13/h7-10,13H,2-6,11H2,1H3,(H2,17,18,19,20). The van der Waals surface area contributed by atoms with Crippen molar-refractivity contribution in [3.05, 3.63) is 29.8 Å². The Labute approximate surface area is 130 Å². The molecule has 0 aromatic heterocycles. The van der Waals surface area contributed by atoms with Gasteiger partial charge in [-0.3, -0.25) is 10.1 Å². The molecule has 1 aromatic carbocycles. The van der Waals surface area contributed by atoms with Gasteiger partial charge in [-0.2, -0.15) is 0 Å². The number of aryl methyl sites for hydroxylation is 1. The van der Waals surface area contributed by atoms with Crippen molar-refractivity contribution in [3.63, 3.8) is 0 Å². The smallest absolute Gasteiger partial charge is 0.321 e. The SMILES string of the molecule is Cc1ccc(SCC(=O)NC(=O)NC2CCCCC2)cc1. The van der Waals surface area contributed by atoms with E-state index in [1.54, 1.807) is 0 Å². The molecular formula is C16H22N2O2S. The molecule has 0 bridgehead atoms. The first-order chi connectivity index (χ1) is 10.1. The van der Waals surface area contributed by atoms with E-state index in [1.807, 2.05) is 31.2 Å². The van der Waals surface area contributed by atoms with Crippen LogP contribution in [0.1, 0.15) is 37.7 Å². The van der Waals surface area contributed by atoms with E-state index in [4.69, 9.17) is 0 Å². The Kier molecular flexibility index (Phi) is 6.11. The third-order valence-corrected chi connectivity index (χ3v) is 4.60. The molecule has 114 valence electrons. The summed E-state index contributed by atoms with van der Waals surface area (Å²) in [6.07, 6.45) is 5.58. The lowest BCUT2D eigenvalue weighted by molar-refractivity contribution is -0.117. The zero-order valence-electron chi connectivity index (χ0n) is 12.4. The normalized spacial score (nSPS) is 15.5. The van der Waals surface area contributed by atoms with Gasteiger partial charge in [0.2, 0.25) is 5.91 Å². The van der Waals surface area contributed by atoms with Crippen LogP contribution in [0.3, 0.4) is 0 Å². The minimum Gasteiger partial charge on any atom is -0.335 e. The van der Waals surface area contributed by atoms with Gasteiger partial charge in [0.15, 0.2) is 0 Å². The van der Waals surface area contributed by atoms with Crippen LogP contribution in [-0.2, 0) is 4.79 Å². The number of rotatable bonds is 4. The van der Waals surface area contributed by atoms with Gasteiger partial charge in [0.1, 0.15) is 0 Å². The first kappa shape index (κ1) is 15.9. The number of urea groups is 1. The second-order valence-electron chi connectivity index (χ2n) is 5.46. The topological polar surface area (TPSA) is 58.2 Å². The summed E-state index contributed by atoms with van der Waals surface area (Å²) in [7, 11) is 0. The minimum absolute atomic E-state index is 0.219. The van der Waals surface area contributed by atoms with Gasteiger partial charge in [-0.25, -0.2) is 4.79 Å². The number of hydrogen-bond acceptors (Lipinski definition) is 3. The average molecular weight is 306 g/mol. The van der Waals surface area contributed by atoms with Crippen molar-refractivity contribution >= 4 is 23.7 Å². The predicted molar refractivity (Wildman–Crippen MR) is 85.5 cm³/mol. The third-order valence-electron chi connectivity index (χ3n) is 3.58. The summed E-state index contributed by atoms with van der Waals surface area (Å²) >= 11 is 1.43. The monoisotopic (exact) mass is 306 g/mol. The Morgan fingerprint density at radius 2 is 1.81 bits per heavy atom. The number of benzene rings is 1. The molecule has 1 fully saturated rings. The van der Waals surface area contributed by atoms with Gasteiger partial charge in [-0.15, -0.1) is 11.8 Å². The van der Waals surface area contributed by atoms with E-state index in [9.17, 15) is 9.59 Å². The Morgan fingerprint density at radius 3 is 2.48 bits per heavy atom. The van der Waals surface area contributed by atoms with E-state index in [-0.39, 0.29) is 23.7 Å². The second kappa shape index (κ2) is 8.08. The lowest BCUT2D eigenvalue weighted by Gasteiger charge is -2.22. The van der Waals surface area contributed by atoms with Crippen molar-refractivity contribution in [1.29, 1.82) is 0 Å². The van der Waals surface area contributed by atoms with Crippen molar-refractivity contribution in [2.45, 2.75) is 50.0 Å². The summed E-state index contributed by atoms with van der Waals surface area (Å²) in [5.74, 6) is -0.00452. The van der Waals surface area contributed by atoms with Crippen molar-refractivity contribution < 1.29 is 9.59 Å². The first-order valence-corrected chi connectivity index (χ1v) is 8.42. The van der Waals surface area contributed by atoms with Gasteiger partial charge >= 0.3 is 6.03 Å². The quantitative estimate of drug-likeness (QED) is 0.840. The number of hydrogen-bond donors (Lipinski definition) is 2. The molecule has 1 saturated carbocycles. The van der Waals surface area contributed by atoms with Crippen molar-refractivity contribution in [2.75, 3.05) is 5.75 Å². The number of amides is 3. The van der Waals surface area contributed by atoms with Crippen molar-refractivity contribution in [1.82, 2.24) is 10.6 Å². The highest BCUT2D eigenvalue weighted by molar-refractivity contribution is 8.00. The van der Waals surface area contributed by atoms with Crippen LogP contribution in [0.25, 0.3) is 0 Å². The van der Waals surface area contributed by atoms with Gasteiger partial charge in [0.05, 0.1) is 5.75 Å². The molecule has 0 heterocycles. The summed E-state index contributed by atoms with van der Waals surface area (Å²) in [6, 6.07) is 7.84. The largest absolute Gasteiger partial charge is 0.335 e. The van der Waals surface area contributed by atoms with Gasteiger partial charge in [-0.1, -0.05) is 37.0 Å². The molecule has 1 aliphatic carbocycles. The van der Waals surface area contributed by atoms with Gasteiger partial charge in [0.25, 0.3) is 0 Å². The number of carbonyl (C=O) groups is 2. The van der Waals surface area contributed by atoms with E-state index in [1.165, 1.54) is 23.7 Å². The van der Waals surface area contributed by atoms with Crippen LogP contribution in [0, 0.1) is 6.92 Å². The zero-order valence-corrected chi connectivity index (χ0v) is 13.2. The van der Waals surface area contributed by atoms with Crippen LogP contribution in [0.5, 0.6) is 0 Å². The van der Waals surface area contributed by atoms with E-state index >= 15 is 0 Å². The third kappa shape index (κ3) is 5.79. The maximum atomic E-state index is 11.7. The van der Waals surface area contributed by atoms with Gasteiger partial charge in [0, 0.05) is 10.9 Å². The average Bonchev–Trinajstić information content (AvgIpc) is 2.47. The van der Waals surface area contributed by atoms with E-state index in [0.29, 0.717) is 0 Å². The molecule has 5 heteroatoms. The Bertz CT molecular complexity index is 482. The lowest BCUT2D eigenvalue weighted by atomic mass is 9.96. The summed E-state index contributed by atoms with van der Waals surface area (Å²) in [4.78, 5) is 24.5. The van der Waals surface area contributed by atoms with Gasteiger partial charge in [-0.05, 0) is 31.9 Å². The molecule has 0 atom stereocenters. The summed E-state index contributed by atoms with van der Waals surface area (Å²) < 4.78 is 0. The fourth-order valence-corrected chi connectivity index (χ4v) is 3.11. The highest BCUT2D eigenvalue weighted by Gasteiger charge is 2.16. The van der Waals surface area contributed by atoms with Crippen molar-refractivity contribution in [3.8, 4) is 0 Å². The summed E-state index contributed by atoms with van der Waals surface area (Å²) in [5, 5.41) is 5.27. The minimum atomic E-state index is -0.364. The molecule has 4 nitrogen and oxygen atoms in total. The van der Waals surface area contributed by atoms with Crippen LogP contribution >= 0.6 is 11.8 Å². The number of nitrogens with one attached hydrogen (secondary N) is 2. The fourth-order valence-electron chi connectivity index (χ4n) is 2.41. The molecule has 1 aromatic rings. The van der Waals surface area contributed by atoms with Crippen LogP contribution in [0.2, 0.25) is 0 Å². The van der Waals surface area contributed by atoms with E-state index in [0.717, 1.165) is 30.6 Å². The number of carbonyl (C=O) groups excluding carboxylic acids is 2. The molecule has 2 N–H and O–H groups in total. The van der Waals surface area contributed by atoms with Gasteiger partial charge < -0.3 is 5.32 Å². The maximum absolute atomic E-state index is 11.7. The molecule has 21 heavy (non-hydrogen) atoms. The Hall–Kier alpha value is -1.49. The van der Waals surface area contributed by atoms with Crippen LogP contribution in [0.15, 0.2) is 29.2 Å². The molecule has 0 spiro atoms. The highest BCUT2D eigenvalue weighted by atomic mass is 32.2. The van der Waals surface area contributed by atoms with Crippen LogP contribution in [-0.4, -0.2) is 23.7 Å². The number of thioether (sulfide) groups is 1. The molecule has 0 aliphatic heterocycles. The molecular weight excluding hydrogens is 284 g/mol. The molecule has 3 amide bonds. The molecule has 2 rings (SSSR count). The Morgan fingerprint density at radius 1 is 1.14 bits per heavy atom. The van der Waals surface area contributed by atoms with Crippen molar-refractivity contribution in [2.24, 2.45) is 0 Å². The maximum Gasteiger partial charge on any atom is 0.321 e. The molecule has 0 unspecified atom stereocenters. The Balaban J connectivity index is 1.68. The second-order valence-corrected chi connectivity index (χ2v) is 6.51. The fraction of sp³-hybridized carbons (Fsp3) is 0.500. The zero-order chi connectivity index (χ0) is 15.1. The first-order valence-electron chi connectivity index (χ1n) is 7.43. The number of imide groups is 1. The lowest BCUT2D eigenvalue weighted by Crippen LogP contribution is -2.45.